The van der Waals surface area contributed by atoms with E-state index in [1.54, 1.807) is 0 Å². The molecule has 1 fully saturated rings. The van der Waals surface area contributed by atoms with Crippen molar-refractivity contribution in [2.45, 2.75) is 24.6 Å². The molecule has 124 valence electrons. The quantitative estimate of drug-likeness (QED) is 0.538. The minimum absolute atomic E-state index is 0.198. The van der Waals surface area contributed by atoms with Gasteiger partial charge in [0.25, 0.3) is 0 Å². The van der Waals surface area contributed by atoms with Crippen LogP contribution in [0.25, 0.3) is 0 Å². The van der Waals surface area contributed by atoms with E-state index in [-0.39, 0.29) is 11.8 Å². The number of hydrogen-bond acceptors (Lipinski definition) is 3. The highest BCUT2D eigenvalue weighted by Crippen LogP contribution is 2.53. The Morgan fingerprint density at radius 1 is 1.08 bits per heavy atom. The molecule has 1 atom stereocenters. The van der Waals surface area contributed by atoms with Crippen LogP contribution in [0.1, 0.15) is 17.5 Å². The number of alkyl halides is 2. The molecular weight excluding hydrogens is 345 g/mol. The topological polar surface area (TPSA) is 53.8 Å². The molecule has 24 heavy (non-hydrogen) atoms. The molecule has 1 N–H and O–H groups in total. The van der Waals surface area contributed by atoms with Crippen molar-refractivity contribution in [1.82, 2.24) is 0 Å². The van der Waals surface area contributed by atoms with Crippen molar-refractivity contribution in [2.75, 3.05) is 5.32 Å². The zero-order valence-electron chi connectivity index (χ0n) is 13.4. The number of hydrogen-bond donors (Lipinski definition) is 1. The number of carbonyl (C=O) groups is 1. The van der Waals surface area contributed by atoms with Gasteiger partial charge in [-0.3, -0.25) is 4.79 Å². The van der Waals surface area contributed by atoms with Gasteiger partial charge >= 0.3 is 0 Å². The van der Waals surface area contributed by atoms with Crippen LogP contribution < -0.4 is 5.32 Å². The summed E-state index contributed by atoms with van der Waals surface area (Å²) in [5.74, 6) is -0.584. The smallest absolute Gasteiger partial charge is 0.230 e. The SMILES string of the molecule is Cc1ccc(N=Nc2cc(C)ccc2NC(=O)[C@H]2CC2(Cl)Cl)cc1. The Hall–Kier alpha value is -1.91. The predicted octanol–water partition coefficient (Wildman–Crippen LogP) is 5.85. The molecule has 0 aromatic heterocycles. The Labute approximate surface area is 150 Å². The summed E-state index contributed by atoms with van der Waals surface area (Å²) in [4.78, 5) is 12.2. The van der Waals surface area contributed by atoms with Crippen LogP contribution in [0.15, 0.2) is 52.7 Å². The lowest BCUT2D eigenvalue weighted by Crippen LogP contribution is -2.16. The van der Waals surface area contributed by atoms with E-state index in [0.29, 0.717) is 17.8 Å². The average Bonchev–Trinajstić information content (AvgIpc) is 3.18. The first-order valence-electron chi connectivity index (χ1n) is 7.63. The Bertz CT molecular complexity index is 800. The zero-order valence-corrected chi connectivity index (χ0v) is 14.9. The van der Waals surface area contributed by atoms with E-state index in [0.717, 1.165) is 16.8 Å². The van der Waals surface area contributed by atoms with Gasteiger partial charge in [0.05, 0.1) is 17.3 Å². The third-order valence-corrected chi connectivity index (χ3v) is 4.70. The number of nitrogens with one attached hydrogen (secondary N) is 1. The van der Waals surface area contributed by atoms with Crippen molar-refractivity contribution in [2.24, 2.45) is 16.1 Å². The van der Waals surface area contributed by atoms with Gasteiger partial charge in [0.1, 0.15) is 10.0 Å². The van der Waals surface area contributed by atoms with Gasteiger partial charge in [0.15, 0.2) is 0 Å². The lowest BCUT2D eigenvalue weighted by Gasteiger charge is -2.08. The van der Waals surface area contributed by atoms with Crippen LogP contribution >= 0.6 is 23.2 Å². The molecule has 1 saturated carbocycles. The van der Waals surface area contributed by atoms with E-state index in [1.807, 2.05) is 56.3 Å². The second-order valence-corrected chi connectivity index (χ2v) is 7.61. The summed E-state index contributed by atoms with van der Waals surface area (Å²) in [6.45, 7) is 3.97. The third-order valence-electron chi connectivity index (χ3n) is 3.86. The van der Waals surface area contributed by atoms with Gasteiger partial charge in [0.2, 0.25) is 5.91 Å². The fraction of sp³-hybridized carbons (Fsp3) is 0.278. The summed E-state index contributed by atoms with van der Waals surface area (Å²) in [6, 6.07) is 13.3. The normalized spacial score (nSPS) is 18.6. The number of carbonyl (C=O) groups excluding carboxylic acids is 1. The van der Waals surface area contributed by atoms with Crippen LogP contribution in [0.2, 0.25) is 0 Å². The number of benzene rings is 2. The minimum Gasteiger partial charge on any atom is -0.324 e. The van der Waals surface area contributed by atoms with Gasteiger partial charge in [-0.2, -0.15) is 5.11 Å². The highest BCUT2D eigenvalue weighted by Gasteiger charge is 2.56. The molecule has 0 bridgehead atoms. The van der Waals surface area contributed by atoms with E-state index >= 15 is 0 Å². The highest BCUT2D eigenvalue weighted by molar-refractivity contribution is 6.52. The predicted molar refractivity (Wildman–Crippen MR) is 97.7 cm³/mol. The highest BCUT2D eigenvalue weighted by atomic mass is 35.5. The molecule has 6 heteroatoms. The minimum atomic E-state index is -0.946. The maximum atomic E-state index is 12.2. The van der Waals surface area contributed by atoms with E-state index < -0.39 is 4.33 Å². The number of nitrogens with zero attached hydrogens (tertiary/aromatic N) is 2. The van der Waals surface area contributed by atoms with Crippen LogP contribution in [-0.2, 0) is 4.79 Å². The molecule has 1 aliphatic carbocycles. The number of azo groups is 1. The summed E-state index contributed by atoms with van der Waals surface area (Å²) in [5.41, 5.74) is 4.13. The van der Waals surface area contributed by atoms with E-state index in [9.17, 15) is 4.79 Å². The van der Waals surface area contributed by atoms with E-state index in [1.165, 1.54) is 0 Å². The van der Waals surface area contributed by atoms with Gasteiger partial charge in [0, 0.05) is 0 Å². The van der Waals surface area contributed by atoms with Gasteiger partial charge in [-0.25, -0.2) is 0 Å². The molecule has 0 spiro atoms. The lowest BCUT2D eigenvalue weighted by molar-refractivity contribution is -0.117. The number of rotatable bonds is 4. The van der Waals surface area contributed by atoms with E-state index in [4.69, 9.17) is 23.2 Å². The molecule has 2 aromatic carbocycles. The number of amides is 1. The number of halogens is 2. The van der Waals surface area contributed by atoms with Crippen molar-refractivity contribution in [1.29, 1.82) is 0 Å². The zero-order chi connectivity index (χ0) is 17.3. The number of anilines is 1. The first-order chi connectivity index (χ1) is 11.3. The summed E-state index contributed by atoms with van der Waals surface area (Å²) in [7, 11) is 0. The monoisotopic (exact) mass is 361 g/mol. The van der Waals surface area contributed by atoms with E-state index in [2.05, 4.69) is 15.5 Å². The molecule has 1 amide bonds. The molecule has 0 radical (unpaired) electrons. The summed E-state index contributed by atoms with van der Waals surface area (Å²) >= 11 is 11.9. The Kier molecular flexibility index (Phi) is 4.61. The number of aryl methyl sites for hydroxylation is 2. The van der Waals surface area contributed by atoms with Crippen LogP contribution in [0, 0.1) is 19.8 Å². The lowest BCUT2D eigenvalue weighted by atomic mass is 10.2. The van der Waals surface area contributed by atoms with Crippen molar-refractivity contribution >= 4 is 46.2 Å². The summed E-state index contributed by atoms with van der Waals surface area (Å²) in [5, 5.41) is 11.4. The van der Waals surface area contributed by atoms with Crippen molar-refractivity contribution < 1.29 is 4.79 Å². The van der Waals surface area contributed by atoms with Crippen molar-refractivity contribution in [3.63, 3.8) is 0 Å². The second kappa shape index (κ2) is 6.54. The first-order valence-corrected chi connectivity index (χ1v) is 8.38. The molecule has 4 nitrogen and oxygen atoms in total. The Balaban J connectivity index is 1.80. The maximum Gasteiger partial charge on any atom is 0.230 e. The van der Waals surface area contributed by atoms with Gasteiger partial charge < -0.3 is 5.32 Å². The van der Waals surface area contributed by atoms with Crippen molar-refractivity contribution in [3.05, 3.63) is 53.6 Å². The molecule has 3 rings (SSSR count). The largest absolute Gasteiger partial charge is 0.324 e. The van der Waals surface area contributed by atoms with Crippen LogP contribution in [0.3, 0.4) is 0 Å². The maximum absolute atomic E-state index is 12.2. The molecule has 0 heterocycles. The van der Waals surface area contributed by atoms with Crippen LogP contribution in [0.5, 0.6) is 0 Å². The fourth-order valence-corrected chi connectivity index (χ4v) is 2.78. The first kappa shape index (κ1) is 16.9. The molecule has 0 unspecified atom stereocenters. The Morgan fingerprint density at radius 3 is 2.33 bits per heavy atom. The molecular formula is C18H17Cl2N3O. The third kappa shape index (κ3) is 3.94. The van der Waals surface area contributed by atoms with Crippen molar-refractivity contribution in [3.8, 4) is 0 Å². The standard InChI is InChI=1S/C18H17Cl2N3O/c1-11-3-6-13(7-4-11)22-23-16-9-12(2)5-8-15(16)21-17(24)14-10-18(14,19)20/h3-9,14H,10H2,1-2H3,(H,21,24)/t14-/m1/s1. The van der Waals surface area contributed by atoms with Crippen LogP contribution in [-0.4, -0.2) is 10.2 Å². The fourth-order valence-electron chi connectivity index (χ4n) is 2.27. The average molecular weight is 362 g/mol. The molecule has 2 aromatic rings. The van der Waals surface area contributed by atoms with Gasteiger partial charge in [-0.05, 0) is 50.1 Å². The second-order valence-electron chi connectivity index (χ2n) is 6.06. The molecule has 0 aliphatic heterocycles. The van der Waals surface area contributed by atoms with Crippen LogP contribution in [0.4, 0.5) is 17.1 Å². The summed E-state index contributed by atoms with van der Waals surface area (Å²) < 4.78 is -0.946. The Morgan fingerprint density at radius 2 is 1.71 bits per heavy atom. The molecule has 0 saturated heterocycles. The van der Waals surface area contributed by atoms with Gasteiger partial charge in [-0.1, -0.05) is 23.8 Å². The summed E-state index contributed by atoms with van der Waals surface area (Å²) in [6.07, 6.45) is 0.466. The van der Waals surface area contributed by atoms with Gasteiger partial charge in [-0.15, -0.1) is 28.3 Å². The molecule has 1 aliphatic rings.